The molecular weight excluding hydrogens is 228 g/mol. The molecule has 2 atom stereocenters. The third-order valence-electron chi connectivity index (χ3n) is 4.04. The molecule has 1 N–H and O–H groups in total. The SMILES string of the molecule is CN(c1ncccn1)[C@@H]1CO[C@@]2(CCCNC2)C1. The van der Waals surface area contributed by atoms with Crippen LogP contribution >= 0.6 is 0 Å². The van der Waals surface area contributed by atoms with E-state index in [2.05, 4.69) is 27.2 Å². The van der Waals surface area contributed by atoms with Crippen LogP contribution < -0.4 is 10.2 Å². The van der Waals surface area contributed by atoms with Crippen LogP contribution in [0.5, 0.6) is 0 Å². The summed E-state index contributed by atoms with van der Waals surface area (Å²) in [5, 5.41) is 3.44. The van der Waals surface area contributed by atoms with Gasteiger partial charge in [0.1, 0.15) is 0 Å². The highest BCUT2D eigenvalue weighted by atomic mass is 16.5. The van der Waals surface area contributed by atoms with Crippen LogP contribution in [0.1, 0.15) is 19.3 Å². The van der Waals surface area contributed by atoms with Crippen molar-refractivity contribution in [2.75, 3.05) is 31.6 Å². The third kappa shape index (κ3) is 2.20. The average molecular weight is 248 g/mol. The lowest BCUT2D eigenvalue weighted by Crippen LogP contribution is -2.46. The van der Waals surface area contributed by atoms with Crippen LogP contribution in [0.2, 0.25) is 0 Å². The second-order valence-corrected chi connectivity index (χ2v) is 5.29. The molecule has 98 valence electrons. The van der Waals surface area contributed by atoms with Gasteiger partial charge in [0.25, 0.3) is 0 Å². The quantitative estimate of drug-likeness (QED) is 0.840. The predicted molar refractivity (Wildman–Crippen MR) is 69.6 cm³/mol. The van der Waals surface area contributed by atoms with Gasteiger partial charge in [0, 0.05) is 32.4 Å². The van der Waals surface area contributed by atoms with Gasteiger partial charge in [-0.1, -0.05) is 0 Å². The van der Waals surface area contributed by atoms with Crippen molar-refractivity contribution in [3.8, 4) is 0 Å². The molecule has 2 saturated heterocycles. The lowest BCUT2D eigenvalue weighted by Gasteiger charge is -2.33. The second-order valence-electron chi connectivity index (χ2n) is 5.29. The maximum Gasteiger partial charge on any atom is 0.225 e. The van der Waals surface area contributed by atoms with Gasteiger partial charge in [0.2, 0.25) is 5.95 Å². The first kappa shape index (κ1) is 11.9. The summed E-state index contributed by atoms with van der Waals surface area (Å²) in [4.78, 5) is 10.7. The summed E-state index contributed by atoms with van der Waals surface area (Å²) in [6.07, 6.45) is 7.01. The summed E-state index contributed by atoms with van der Waals surface area (Å²) in [6.45, 7) is 2.87. The molecule has 0 saturated carbocycles. The molecule has 2 aliphatic heterocycles. The minimum absolute atomic E-state index is 0.0476. The van der Waals surface area contributed by atoms with Crippen molar-refractivity contribution in [3.63, 3.8) is 0 Å². The van der Waals surface area contributed by atoms with Crippen molar-refractivity contribution >= 4 is 5.95 Å². The largest absolute Gasteiger partial charge is 0.371 e. The normalized spacial score (nSPS) is 31.7. The molecule has 1 spiro atoms. The number of aromatic nitrogens is 2. The Morgan fingerprint density at radius 3 is 3.00 bits per heavy atom. The Hall–Kier alpha value is -1.20. The Balaban J connectivity index is 1.68. The predicted octanol–water partition coefficient (Wildman–Crippen LogP) is 0.824. The van der Waals surface area contributed by atoms with Crippen molar-refractivity contribution in [3.05, 3.63) is 18.5 Å². The summed E-state index contributed by atoms with van der Waals surface area (Å²) in [7, 11) is 2.05. The molecule has 0 bridgehead atoms. The highest BCUT2D eigenvalue weighted by Gasteiger charge is 2.42. The minimum atomic E-state index is 0.0476. The fraction of sp³-hybridized carbons (Fsp3) is 0.692. The zero-order valence-corrected chi connectivity index (χ0v) is 10.8. The van der Waals surface area contributed by atoms with Crippen molar-refractivity contribution in [1.82, 2.24) is 15.3 Å². The van der Waals surface area contributed by atoms with E-state index in [-0.39, 0.29) is 5.60 Å². The number of rotatable bonds is 2. The molecule has 0 aromatic carbocycles. The number of anilines is 1. The van der Waals surface area contributed by atoms with E-state index in [1.165, 1.54) is 12.8 Å². The fourth-order valence-electron chi connectivity index (χ4n) is 2.94. The van der Waals surface area contributed by atoms with Crippen LogP contribution in [0.3, 0.4) is 0 Å². The van der Waals surface area contributed by atoms with E-state index in [0.717, 1.165) is 32.1 Å². The summed E-state index contributed by atoms with van der Waals surface area (Å²) in [5.74, 6) is 0.784. The van der Waals surface area contributed by atoms with Crippen LogP contribution in [0.25, 0.3) is 0 Å². The number of nitrogens with one attached hydrogen (secondary N) is 1. The molecule has 2 aliphatic rings. The van der Waals surface area contributed by atoms with Gasteiger partial charge >= 0.3 is 0 Å². The van der Waals surface area contributed by atoms with Crippen LogP contribution in [-0.2, 0) is 4.74 Å². The maximum atomic E-state index is 6.08. The van der Waals surface area contributed by atoms with Crippen LogP contribution in [0.15, 0.2) is 18.5 Å². The molecule has 0 radical (unpaired) electrons. The monoisotopic (exact) mass is 248 g/mol. The first-order valence-electron chi connectivity index (χ1n) is 6.64. The first-order valence-corrected chi connectivity index (χ1v) is 6.64. The van der Waals surface area contributed by atoms with Gasteiger partial charge in [-0.2, -0.15) is 0 Å². The van der Waals surface area contributed by atoms with E-state index in [0.29, 0.717) is 6.04 Å². The Kier molecular flexibility index (Phi) is 3.18. The summed E-state index contributed by atoms with van der Waals surface area (Å²) >= 11 is 0. The van der Waals surface area contributed by atoms with E-state index >= 15 is 0 Å². The van der Waals surface area contributed by atoms with Gasteiger partial charge in [0.15, 0.2) is 0 Å². The molecule has 0 amide bonds. The van der Waals surface area contributed by atoms with Gasteiger partial charge in [-0.15, -0.1) is 0 Å². The molecule has 18 heavy (non-hydrogen) atoms. The fourth-order valence-corrected chi connectivity index (χ4v) is 2.94. The molecule has 1 aromatic heterocycles. The van der Waals surface area contributed by atoms with E-state index in [4.69, 9.17) is 4.74 Å². The Bertz CT molecular complexity index is 391. The van der Waals surface area contributed by atoms with Gasteiger partial charge in [-0.25, -0.2) is 9.97 Å². The summed E-state index contributed by atoms with van der Waals surface area (Å²) in [6, 6.07) is 2.22. The van der Waals surface area contributed by atoms with Crippen LogP contribution in [0.4, 0.5) is 5.95 Å². The molecule has 3 heterocycles. The minimum Gasteiger partial charge on any atom is -0.371 e. The van der Waals surface area contributed by atoms with Gasteiger partial charge in [-0.05, 0) is 25.5 Å². The van der Waals surface area contributed by atoms with Crippen molar-refractivity contribution in [2.24, 2.45) is 0 Å². The van der Waals surface area contributed by atoms with E-state index in [1.807, 2.05) is 6.07 Å². The molecule has 0 aliphatic carbocycles. The van der Waals surface area contributed by atoms with Crippen molar-refractivity contribution in [2.45, 2.75) is 30.9 Å². The topological polar surface area (TPSA) is 50.3 Å². The molecule has 3 rings (SSSR count). The lowest BCUT2D eigenvalue weighted by atomic mass is 9.89. The highest BCUT2D eigenvalue weighted by molar-refractivity contribution is 5.29. The molecule has 2 fully saturated rings. The van der Waals surface area contributed by atoms with Crippen LogP contribution in [0, 0.1) is 0 Å². The number of hydrogen-bond donors (Lipinski definition) is 1. The summed E-state index contributed by atoms with van der Waals surface area (Å²) < 4.78 is 6.08. The second kappa shape index (κ2) is 4.82. The number of nitrogens with zero attached hydrogens (tertiary/aromatic N) is 3. The van der Waals surface area contributed by atoms with Gasteiger partial charge in [0.05, 0.1) is 18.2 Å². The molecule has 1 aromatic rings. The smallest absolute Gasteiger partial charge is 0.225 e. The van der Waals surface area contributed by atoms with Crippen molar-refractivity contribution in [1.29, 1.82) is 0 Å². The lowest BCUT2D eigenvalue weighted by molar-refractivity contribution is -0.0139. The Labute approximate surface area is 108 Å². The molecule has 5 heteroatoms. The van der Waals surface area contributed by atoms with E-state index in [9.17, 15) is 0 Å². The number of ether oxygens (including phenoxy) is 1. The zero-order valence-electron chi connectivity index (χ0n) is 10.8. The third-order valence-corrected chi connectivity index (χ3v) is 4.04. The molecular formula is C13H20N4O. The Morgan fingerprint density at radius 1 is 1.44 bits per heavy atom. The summed E-state index contributed by atoms with van der Waals surface area (Å²) in [5.41, 5.74) is 0.0476. The van der Waals surface area contributed by atoms with Gasteiger partial charge < -0.3 is 15.0 Å². The van der Waals surface area contributed by atoms with Crippen molar-refractivity contribution < 1.29 is 4.74 Å². The average Bonchev–Trinajstić information content (AvgIpc) is 2.83. The molecule has 5 nitrogen and oxygen atoms in total. The zero-order chi connectivity index (χ0) is 12.4. The first-order chi connectivity index (χ1) is 8.79. The number of piperidine rings is 1. The van der Waals surface area contributed by atoms with Crippen LogP contribution in [-0.4, -0.2) is 48.4 Å². The standard InChI is InChI=1S/C13H20N4O/c1-17(12-15-6-3-7-16-12)11-8-13(18-9-11)4-2-5-14-10-13/h3,6-7,11,14H,2,4-5,8-10H2,1H3/t11-,13-/m0/s1. The Morgan fingerprint density at radius 2 is 2.28 bits per heavy atom. The number of likely N-dealkylation sites (N-methyl/N-ethyl adjacent to an activating group) is 1. The highest BCUT2D eigenvalue weighted by Crippen LogP contribution is 2.34. The number of hydrogen-bond acceptors (Lipinski definition) is 5. The van der Waals surface area contributed by atoms with Gasteiger partial charge in [-0.3, -0.25) is 0 Å². The molecule has 0 unspecified atom stereocenters. The van der Waals surface area contributed by atoms with E-state index < -0.39 is 0 Å². The maximum absolute atomic E-state index is 6.08. The van der Waals surface area contributed by atoms with E-state index in [1.54, 1.807) is 12.4 Å².